The maximum absolute atomic E-state index is 6.01. The van der Waals surface area contributed by atoms with E-state index in [0.29, 0.717) is 23.2 Å². The molecule has 0 aliphatic carbocycles. The lowest BCUT2D eigenvalue weighted by atomic mass is 10.3. The van der Waals surface area contributed by atoms with E-state index in [1.54, 1.807) is 18.2 Å². The number of rotatable bonds is 6. The average molecular weight is 278 g/mol. The van der Waals surface area contributed by atoms with Crippen LogP contribution in [-0.2, 0) is 6.54 Å². The van der Waals surface area contributed by atoms with Crippen LogP contribution in [-0.4, -0.2) is 16.7 Å². The van der Waals surface area contributed by atoms with Crippen LogP contribution in [0.1, 0.15) is 19.0 Å². The first-order valence-electron chi connectivity index (χ1n) is 6.25. The van der Waals surface area contributed by atoms with Crippen LogP contribution in [0.3, 0.4) is 0 Å². The minimum Gasteiger partial charge on any atom is -0.436 e. The van der Waals surface area contributed by atoms with E-state index >= 15 is 0 Å². The van der Waals surface area contributed by atoms with E-state index in [-0.39, 0.29) is 0 Å². The van der Waals surface area contributed by atoms with Gasteiger partial charge in [0.25, 0.3) is 0 Å². The fourth-order valence-electron chi connectivity index (χ4n) is 1.53. The number of benzene rings is 1. The van der Waals surface area contributed by atoms with Crippen LogP contribution >= 0.6 is 11.6 Å². The molecule has 4 nitrogen and oxygen atoms in total. The van der Waals surface area contributed by atoms with Gasteiger partial charge in [-0.1, -0.05) is 30.7 Å². The SMILES string of the molecule is CCCNCc1ccc(Oc2ccccc2Cl)nn1. The standard InChI is InChI=1S/C14H16ClN3O/c1-2-9-16-10-11-7-8-14(18-17-11)19-13-6-4-3-5-12(13)15/h3-8,16H,2,9-10H2,1H3. The van der Waals surface area contributed by atoms with Gasteiger partial charge >= 0.3 is 0 Å². The monoisotopic (exact) mass is 277 g/mol. The molecule has 1 aromatic heterocycles. The van der Waals surface area contributed by atoms with Crippen LogP contribution in [0.5, 0.6) is 11.6 Å². The normalized spacial score (nSPS) is 10.4. The lowest BCUT2D eigenvalue weighted by Gasteiger charge is -2.06. The Morgan fingerprint density at radius 1 is 1.16 bits per heavy atom. The van der Waals surface area contributed by atoms with Crippen molar-refractivity contribution < 1.29 is 4.74 Å². The van der Waals surface area contributed by atoms with Crippen molar-refractivity contribution >= 4 is 11.6 Å². The van der Waals surface area contributed by atoms with Gasteiger partial charge in [-0.15, -0.1) is 5.10 Å². The number of para-hydroxylation sites is 1. The summed E-state index contributed by atoms with van der Waals surface area (Å²) in [5.41, 5.74) is 0.889. The molecule has 0 bridgehead atoms. The van der Waals surface area contributed by atoms with Gasteiger partial charge in [0.2, 0.25) is 5.88 Å². The topological polar surface area (TPSA) is 47.0 Å². The maximum atomic E-state index is 6.01. The van der Waals surface area contributed by atoms with Crippen LogP contribution in [0.2, 0.25) is 5.02 Å². The second-order valence-electron chi connectivity index (χ2n) is 4.07. The zero-order valence-corrected chi connectivity index (χ0v) is 11.5. The van der Waals surface area contributed by atoms with Gasteiger partial charge in [0.1, 0.15) is 5.75 Å². The van der Waals surface area contributed by atoms with Crippen LogP contribution in [0, 0.1) is 0 Å². The van der Waals surface area contributed by atoms with Crippen molar-refractivity contribution in [3.8, 4) is 11.6 Å². The number of halogens is 1. The molecule has 0 aliphatic rings. The number of nitrogens with one attached hydrogen (secondary N) is 1. The number of aromatic nitrogens is 2. The summed E-state index contributed by atoms with van der Waals surface area (Å²) in [5.74, 6) is 1.02. The molecule has 0 spiro atoms. The molecule has 0 amide bonds. The summed E-state index contributed by atoms with van der Waals surface area (Å²) in [4.78, 5) is 0. The quantitative estimate of drug-likeness (QED) is 0.822. The number of hydrogen-bond acceptors (Lipinski definition) is 4. The predicted octanol–water partition coefficient (Wildman–Crippen LogP) is 3.42. The smallest absolute Gasteiger partial charge is 0.238 e. The Morgan fingerprint density at radius 2 is 2.00 bits per heavy atom. The van der Waals surface area contributed by atoms with Crippen molar-refractivity contribution in [1.29, 1.82) is 0 Å². The van der Waals surface area contributed by atoms with Crippen molar-refractivity contribution in [3.63, 3.8) is 0 Å². The highest BCUT2D eigenvalue weighted by Crippen LogP contribution is 2.27. The summed E-state index contributed by atoms with van der Waals surface area (Å²) in [6.45, 7) is 3.81. The molecule has 0 fully saturated rings. The van der Waals surface area contributed by atoms with Gasteiger partial charge in [-0.05, 0) is 31.2 Å². The Hall–Kier alpha value is -1.65. The van der Waals surface area contributed by atoms with Crippen LogP contribution < -0.4 is 10.1 Å². The van der Waals surface area contributed by atoms with E-state index in [2.05, 4.69) is 22.4 Å². The highest BCUT2D eigenvalue weighted by molar-refractivity contribution is 6.32. The molecule has 19 heavy (non-hydrogen) atoms. The Balaban J connectivity index is 1.97. The van der Waals surface area contributed by atoms with Gasteiger partial charge in [0.15, 0.2) is 0 Å². The zero-order valence-electron chi connectivity index (χ0n) is 10.8. The lowest BCUT2D eigenvalue weighted by Crippen LogP contribution is -2.15. The van der Waals surface area contributed by atoms with Crippen LogP contribution in [0.15, 0.2) is 36.4 Å². The molecule has 1 N–H and O–H groups in total. The Labute approximate surface area is 117 Å². The summed E-state index contributed by atoms with van der Waals surface area (Å²) in [7, 11) is 0. The summed E-state index contributed by atoms with van der Waals surface area (Å²) in [6, 6.07) is 11.0. The van der Waals surface area contributed by atoms with E-state index in [0.717, 1.165) is 18.7 Å². The first kappa shape index (κ1) is 13.8. The van der Waals surface area contributed by atoms with Gasteiger partial charge < -0.3 is 10.1 Å². The van der Waals surface area contributed by atoms with Crippen LogP contribution in [0.25, 0.3) is 0 Å². The van der Waals surface area contributed by atoms with Gasteiger partial charge in [0.05, 0.1) is 10.7 Å². The van der Waals surface area contributed by atoms with Crippen molar-refractivity contribution in [2.75, 3.05) is 6.54 Å². The molecule has 5 heteroatoms. The predicted molar refractivity (Wildman–Crippen MR) is 75.6 cm³/mol. The largest absolute Gasteiger partial charge is 0.436 e. The van der Waals surface area contributed by atoms with Gasteiger partial charge in [0, 0.05) is 12.6 Å². The minimum absolute atomic E-state index is 0.437. The van der Waals surface area contributed by atoms with Crippen LogP contribution in [0.4, 0.5) is 0 Å². The van der Waals surface area contributed by atoms with Crippen molar-refractivity contribution in [1.82, 2.24) is 15.5 Å². The molecule has 0 radical (unpaired) electrons. The number of ether oxygens (including phenoxy) is 1. The molecule has 2 aromatic rings. The van der Waals surface area contributed by atoms with E-state index in [4.69, 9.17) is 16.3 Å². The van der Waals surface area contributed by atoms with Gasteiger partial charge in [-0.3, -0.25) is 0 Å². The summed E-state index contributed by atoms with van der Waals surface area (Å²) in [5, 5.41) is 11.9. The number of nitrogens with zero attached hydrogens (tertiary/aromatic N) is 2. The fourth-order valence-corrected chi connectivity index (χ4v) is 1.70. The summed E-state index contributed by atoms with van der Waals surface area (Å²) in [6.07, 6.45) is 1.10. The second kappa shape index (κ2) is 7.07. The molecule has 0 atom stereocenters. The van der Waals surface area contributed by atoms with E-state index in [9.17, 15) is 0 Å². The van der Waals surface area contributed by atoms with E-state index < -0.39 is 0 Å². The second-order valence-corrected chi connectivity index (χ2v) is 4.48. The molecule has 0 saturated carbocycles. The Kier molecular flexibility index (Phi) is 5.12. The van der Waals surface area contributed by atoms with Gasteiger partial charge in [-0.25, -0.2) is 0 Å². The third kappa shape index (κ3) is 4.19. The van der Waals surface area contributed by atoms with Crippen molar-refractivity contribution in [2.45, 2.75) is 19.9 Å². The molecular formula is C14H16ClN3O. The highest BCUT2D eigenvalue weighted by Gasteiger charge is 2.03. The average Bonchev–Trinajstić information content (AvgIpc) is 2.44. The first-order chi connectivity index (χ1) is 9.29. The van der Waals surface area contributed by atoms with Gasteiger partial charge in [-0.2, -0.15) is 5.10 Å². The molecular weight excluding hydrogens is 262 g/mol. The zero-order chi connectivity index (χ0) is 13.5. The third-order valence-corrected chi connectivity index (χ3v) is 2.79. The Bertz CT molecular complexity index is 516. The van der Waals surface area contributed by atoms with Crippen molar-refractivity contribution in [3.05, 3.63) is 47.1 Å². The first-order valence-corrected chi connectivity index (χ1v) is 6.63. The third-order valence-electron chi connectivity index (χ3n) is 2.48. The molecule has 100 valence electrons. The molecule has 0 saturated heterocycles. The molecule has 1 aromatic carbocycles. The molecule has 0 aliphatic heterocycles. The minimum atomic E-state index is 0.437. The summed E-state index contributed by atoms with van der Waals surface area (Å²) >= 11 is 6.01. The summed E-state index contributed by atoms with van der Waals surface area (Å²) < 4.78 is 5.56. The van der Waals surface area contributed by atoms with Crippen molar-refractivity contribution in [2.24, 2.45) is 0 Å². The fraction of sp³-hybridized carbons (Fsp3) is 0.286. The molecule has 2 rings (SSSR count). The lowest BCUT2D eigenvalue weighted by molar-refractivity contribution is 0.453. The number of hydrogen-bond donors (Lipinski definition) is 1. The molecule has 0 unspecified atom stereocenters. The molecule has 1 heterocycles. The maximum Gasteiger partial charge on any atom is 0.238 e. The van der Waals surface area contributed by atoms with E-state index in [1.165, 1.54) is 0 Å². The van der Waals surface area contributed by atoms with E-state index in [1.807, 2.05) is 18.2 Å². The highest BCUT2D eigenvalue weighted by atomic mass is 35.5. The Morgan fingerprint density at radius 3 is 2.68 bits per heavy atom.